The van der Waals surface area contributed by atoms with Crippen molar-refractivity contribution in [2.45, 2.75) is 6.92 Å². The molecule has 1 heterocycles. The van der Waals surface area contributed by atoms with Crippen molar-refractivity contribution in [2.75, 3.05) is 5.73 Å². The van der Waals surface area contributed by atoms with Crippen LogP contribution in [0.1, 0.15) is 5.56 Å². The molecule has 0 spiro atoms. The van der Waals surface area contributed by atoms with E-state index >= 15 is 0 Å². The molecule has 0 saturated heterocycles. The second kappa shape index (κ2) is 3.27. The maximum Gasteiger partial charge on any atom is 0.230 e. The van der Waals surface area contributed by atoms with E-state index in [1.165, 1.54) is 12.3 Å². The topological polar surface area (TPSA) is 72.3 Å². The van der Waals surface area contributed by atoms with Gasteiger partial charge in [0, 0.05) is 5.56 Å². The van der Waals surface area contributed by atoms with Crippen LogP contribution in [0.5, 0.6) is 5.75 Å². The lowest BCUT2D eigenvalue weighted by molar-refractivity contribution is 0.432. The van der Waals surface area contributed by atoms with Gasteiger partial charge in [0.2, 0.25) is 5.88 Å². The van der Waals surface area contributed by atoms with Gasteiger partial charge < -0.3 is 15.4 Å². The Bertz CT molecular complexity index is 508. The molecule has 0 saturated carbocycles. The zero-order valence-corrected chi connectivity index (χ0v) is 7.99. The number of rotatable bonds is 1. The van der Waals surface area contributed by atoms with Crippen LogP contribution in [0.2, 0.25) is 0 Å². The minimum atomic E-state index is -0.726. The molecule has 4 nitrogen and oxygen atoms in total. The molecule has 78 valence electrons. The second-order valence-electron chi connectivity index (χ2n) is 3.25. The van der Waals surface area contributed by atoms with Crippen LogP contribution in [0, 0.1) is 12.7 Å². The summed E-state index contributed by atoms with van der Waals surface area (Å²) in [5.41, 5.74) is 6.72. The van der Waals surface area contributed by atoms with Gasteiger partial charge in [-0.3, -0.25) is 0 Å². The van der Waals surface area contributed by atoms with E-state index in [0.717, 1.165) is 5.56 Å². The van der Waals surface area contributed by atoms with Gasteiger partial charge in [-0.05, 0) is 24.6 Å². The summed E-state index contributed by atoms with van der Waals surface area (Å²) in [7, 11) is 0. The van der Waals surface area contributed by atoms with Crippen LogP contribution in [0.4, 0.5) is 10.3 Å². The number of phenolic OH excluding ortho intramolecular Hbond substituents is 1. The molecule has 0 atom stereocenters. The van der Waals surface area contributed by atoms with Crippen LogP contribution in [0.25, 0.3) is 11.1 Å². The lowest BCUT2D eigenvalue weighted by Crippen LogP contribution is -1.90. The number of nitrogens with two attached hydrogens (primary N) is 1. The molecule has 15 heavy (non-hydrogen) atoms. The number of aryl methyl sites for hydroxylation is 1. The van der Waals surface area contributed by atoms with Crippen LogP contribution in [-0.2, 0) is 0 Å². The number of hydrogen-bond donors (Lipinski definition) is 2. The molecule has 1 aromatic carbocycles. The Balaban J connectivity index is 2.68. The fourth-order valence-corrected chi connectivity index (χ4v) is 1.40. The number of aromatic hydroxyl groups is 1. The number of benzene rings is 1. The van der Waals surface area contributed by atoms with Crippen molar-refractivity contribution in [1.82, 2.24) is 5.16 Å². The summed E-state index contributed by atoms with van der Waals surface area (Å²) in [6.45, 7) is 1.74. The highest BCUT2D eigenvalue weighted by atomic mass is 19.1. The SMILES string of the molecule is Cc1cc(O)c(F)c(-c2cnoc2N)c1. The zero-order valence-electron chi connectivity index (χ0n) is 7.99. The quantitative estimate of drug-likeness (QED) is 0.752. The number of nitrogen functional groups attached to an aromatic ring is 1. The molecule has 5 heteroatoms. The van der Waals surface area contributed by atoms with Gasteiger partial charge in [0.15, 0.2) is 11.6 Å². The molecular formula is C10H9FN2O2. The van der Waals surface area contributed by atoms with Crippen molar-refractivity contribution in [1.29, 1.82) is 0 Å². The van der Waals surface area contributed by atoms with E-state index < -0.39 is 11.6 Å². The van der Waals surface area contributed by atoms with E-state index in [9.17, 15) is 9.50 Å². The van der Waals surface area contributed by atoms with Crippen LogP contribution in [0.3, 0.4) is 0 Å². The Morgan fingerprint density at radius 2 is 2.13 bits per heavy atom. The lowest BCUT2D eigenvalue weighted by Gasteiger charge is -2.04. The highest BCUT2D eigenvalue weighted by Gasteiger charge is 2.15. The highest BCUT2D eigenvalue weighted by Crippen LogP contribution is 2.32. The Kier molecular flexibility index (Phi) is 2.07. The van der Waals surface area contributed by atoms with Crippen molar-refractivity contribution in [3.63, 3.8) is 0 Å². The maximum absolute atomic E-state index is 13.5. The highest BCUT2D eigenvalue weighted by molar-refractivity contribution is 5.74. The van der Waals surface area contributed by atoms with Crippen molar-refractivity contribution in [3.8, 4) is 16.9 Å². The molecule has 0 aliphatic heterocycles. The third-order valence-electron chi connectivity index (χ3n) is 2.09. The third kappa shape index (κ3) is 1.52. The van der Waals surface area contributed by atoms with Gasteiger partial charge >= 0.3 is 0 Å². The van der Waals surface area contributed by atoms with Crippen molar-refractivity contribution < 1.29 is 14.0 Å². The first-order valence-corrected chi connectivity index (χ1v) is 4.29. The summed E-state index contributed by atoms with van der Waals surface area (Å²) in [5.74, 6) is -1.11. The van der Waals surface area contributed by atoms with Gasteiger partial charge in [-0.1, -0.05) is 5.16 Å². The molecule has 1 aromatic heterocycles. The molecule has 0 amide bonds. The number of phenols is 1. The predicted molar refractivity (Wildman–Crippen MR) is 52.7 cm³/mol. The molecule has 0 unspecified atom stereocenters. The molecule has 0 aliphatic rings. The van der Waals surface area contributed by atoms with Gasteiger partial charge in [-0.25, -0.2) is 4.39 Å². The smallest absolute Gasteiger partial charge is 0.230 e. The molecule has 0 aliphatic carbocycles. The fraction of sp³-hybridized carbons (Fsp3) is 0.100. The molecular weight excluding hydrogens is 199 g/mol. The summed E-state index contributed by atoms with van der Waals surface area (Å²) in [4.78, 5) is 0. The monoisotopic (exact) mass is 208 g/mol. The summed E-state index contributed by atoms with van der Waals surface area (Å²) in [6, 6.07) is 2.90. The summed E-state index contributed by atoms with van der Waals surface area (Å²) >= 11 is 0. The fourth-order valence-electron chi connectivity index (χ4n) is 1.40. The molecule has 0 radical (unpaired) electrons. The zero-order chi connectivity index (χ0) is 11.0. The minimum absolute atomic E-state index is 0.0268. The number of nitrogens with zero attached hydrogens (tertiary/aromatic N) is 1. The van der Waals surface area contributed by atoms with Crippen molar-refractivity contribution in [3.05, 3.63) is 29.7 Å². The van der Waals surface area contributed by atoms with Crippen LogP contribution >= 0.6 is 0 Å². The van der Waals surface area contributed by atoms with Gasteiger partial charge in [0.1, 0.15) is 0 Å². The summed E-state index contributed by atoms with van der Waals surface area (Å²) in [6.07, 6.45) is 1.31. The van der Waals surface area contributed by atoms with Gasteiger partial charge in [0.25, 0.3) is 0 Å². The lowest BCUT2D eigenvalue weighted by atomic mass is 10.0. The second-order valence-corrected chi connectivity index (χ2v) is 3.25. The average Bonchev–Trinajstić information content (AvgIpc) is 2.58. The van der Waals surface area contributed by atoms with Crippen molar-refractivity contribution in [2.24, 2.45) is 0 Å². The number of anilines is 1. The maximum atomic E-state index is 13.5. The van der Waals surface area contributed by atoms with E-state index in [0.29, 0.717) is 5.56 Å². The largest absolute Gasteiger partial charge is 0.505 e. The van der Waals surface area contributed by atoms with Crippen LogP contribution < -0.4 is 5.73 Å². The van der Waals surface area contributed by atoms with E-state index in [-0.39, 0.29) is 11.4 Å². The van der Waals surface area contributed by atoms with E-state index in [1.807, 2.05) is 0 Å². The number of aromatic nitrogens is 1. The van der Waals surface area contributed by atoms with E-state index in [4.69, 9.17) is 5.73 Å². The Hall–Kier alpha value is -2.04. The van der Waals surface area contributed by atoms with Crippen LogP contribution in [-0.4, -0.2) is 10.3 Å². The molecule has 0 bridgehead atoms. The van der Waals surface area contributed by atoms with E-state index in [1.54, 1.807) is 13.0 Å². The average molecular weight is 208 g/mol. The normalized spacial score (nSPS) is 10.5. The molecule has 2 rings (SSSR count). The predicted octanol–water partition coefficient (Wildman–Crippen LogP) is 2.08. The molecule has 0 fully saturated rings. The minimum Gasteiger partial charge on any atom is -0.505 e. The Labute approximate surface area is 85.1 Å². The van der Waals surface area contributed by atoms with Crippen molar-refractivity contribution >= 4 is 5.88 Å². The van der Waals surface area contributed by atoms with Gasteiger partial charge in [0.05, 0.1) is 11.8 Å². The first kappa shape index (κ1) is 9.51. The Morgan fingerprint density at radius 3 is 2.73 bits per heavy atom. The van der Waals surface area contributed by atoms with Gasteiger partial charge in [-0.2, -0.15) is 0 Å². The summed E-state index contributed by atoms with van der Waals surface area (Å²) in [5, 5.41) is 12.8. The Morgan fingerprint density at radius 1 is 1.40 bits per heavy atom. The molecule has 2 aromatic rings. The third-order valence-corrected chi connectivity index (χ3v) is 2.09. The first-order valence-electron chi connectivity index (χ1n) is 4.29. The van der Waals surface area contributed by atoms with Gasteiger partial charge in [-0.15, -0.1) is 0 Å². The van der Waals surface area contributed by atoms with Crippen LogP contribution in [0.15, 0.2) is 22.9 Å². The molecule has 3 N–H and O–H groups in total. The number of hydrogen-bond acceptors (Lipinski definition) is 4. The van der Waals surface area contributed by atoms with E-state index in [2.05, 4.69) is 9.68 Å². The number of halogens is 1. The standard InChI is InChI=1S/C10H9FN2O2/c1-5-2-6(9(11)8(14)3-5)7-4-13-15-10(7)12/h2-4,14H,12H2,1H3. The summed E-state index contributed by atoms with van der Waals surface area (Å²) < 4.78 is 18.2. The first-order chi connectivity index (χ1) is 7.09.